The van der Waals surface area contributed by atoms with Crippen LogP contribution in [0, 0.1) is 10.1 Å². The fourth-order valence-electron chi connectivity index (χ4n) is 3.21. The van der Waals surface area contributed by atoms with E-state index in [4.69, 9.17) is 4.74 Å². The zero-order valence-electron chi connectivity index (χ0n) is 19.0. The number of aromatic nitrogens is 2. The Hall–Kier alpha value is -4.00. The maximum atomic E-state index is 12.9. The van der Waals surface area contributed by atoms with Gasteiger partial charge in [0.05, 0.1) is 16.3 Å². The zero-order chi connectivity index (χ0) is 23.8. The van der Waals surface area contributed by atoms with E-state index in [1.54, 1.807) is 18.2 Å². The third-order valence-corrected chi connectivity index (χ3v) is 5.03. The second-order valence-corrected chi connectivity index (χ2v) is 7.94. The van der Waals surface area contributed by atoms with E-state index in [2.05, 4.69) is 25.0 Å². The molecule has 33 heavy (non-hydrogen) atoms. The number of nitro benzene ring substituents is 1. The number of nitro groups is 1. The number of ether oxygens (including phenoxy) is 1. The van der Waals surface area contributed by atoms with Crippen LogP contribution in [-0.4, -0.2) is 27.3 Å². The molecule has 3 rings (SSSR count). The molecule has 0 radical (unpaired) electrons. The highest BCUT2D eigenvalue weighted by Crippen LogP contribution is 2.23. The summed E-state index contributed by atoms with van der Waals surface area (Å²) < 4.78 is 6.96. The van der Waals surface area contributed by atoms with Gasteiger partial charge in [0.25, 0.3) is 5.69 Å². The Bertz CT molecular complexity index is 1170. The van der Waals surface area contributed by atoms with E-state index in [1.807, 2.05) is 43.3 Å². The van der Waals surface area contributed by atoms with Crippen molar-refractivity contribution < 1.29 is 14.5 Å². The van der Waals surface area contributed by atoms with Gasteiger partial charge in [-0.25, -0.2) is 9.48 Å². The van der Waals surface area contributed by atoms with Gasteiger partial charge < -0.3 is 4.74 Å². The number of allylic oxidation sites excluding steroid dienone is 3. The van der Waals surface area contributed by atoms with Crippen molar-refractivity contribution in [1.82, 2.24) is 9.78 Å². The fraction of sp³-hybridized carbons (Fsp3) is 0.231. The maximum absolute atomic E-state index is 12.9. The number of carbonyl (C=O) groups is 1. The predicted molar refractivity (Wildman–Crippen MR) is 128 cm³/mol. The van der Waals surface area contributed by atoms with E-state index in [0.717, 1.165) is 24.0 Å². The van der Waals surface area contributed by atoms with Crippen molar-refractivity contribution >= 4 is 11.7 Å². The summed E-state index contributed by atoms with van der Waals surface area (Å²) in [6.45, 7) is 6.31. The lowest BCUT2D eigenvalue weighted by Crippen LogP contribution is -2.12. The number of carbonyl (C=O) groups excluding carboxylic acids is 1. The SMILES string of the molecule is CC(C)=CCC/C(C)=C/COC(=O)c1cc(-c2ccccc2)nn1-c1ccc([N+](=O)[O-])cc1. The van der Waals surface area contributed by atoms with Crippen molar-refractivity contribution in [2.75, 3.05) is 6.61 Å². The Labute approximate surface area is 193 Å². The van der Waals surface area contributed by atoms with Gasteiger partial charge in [0, 0.05) is 17.7 Å². The van der Waals surface area contributed by atoms with Gasteiger partial charge in [-0.3, -0.25) is 10.1 Å². The van der Waals surface area contributed by atoms with E-state index in [-0.39, 0.29) is 18.0 Å². The number of non-ortho nitro benzene ring substituents is 1. The molecule has 0 N–H and O–H groups in total. The number of esters is 1. The second kappa shape index (κ2) is 11.0. The minimum Gasteiger partial charge on any atom is -0.457 e. The minimum absolute atomic E-state index is 0.0351. The largest absolute Gasteiger partial charge is 0.457 e. The molecule has 1 aromatic heterocycles. The van der Waals surface area contributed by atoms with Gasteiger partial charge >= 0.3 is 5.97 Å². The standard InChI is InChI=1S/C26H27N3O4/c1-19(2)8-7-9-20(3)16-17-33-26(30)25-18-24(21-10-5-4-6-11-21)27-28(25)22-12-14-23(15-13-22)29(31)32/h4-6,8,10-16,18H,7,9,17H2,1-3H3/b20-16+. The van der Waals surface area contributed by atoms with E-state index in [9.17, 15) is 14.9 Å². The molecule has 0 saturated heterocycles. The Balaban J connectivity index is 1.83. The van der Waals surface area contributed by atoms with E-state index in [1.165, 1.54) is 22.4 Å². The normalized spacial score (nSPS) is 11.2. The van der Waals surface area contributed by atoms with Crippen LogP contribution < -0.4 is 0 Å². The molecule has 0 aliphatic heterocycles. The molecule has 0 aliphatic rings. The van der Waals surface area contributed by atoms with E-state index >= 15 is 0 Å². The minimum atomic E-state index is -0.517. The molecule has 2 aromatic carbocycles. The first kappa shape index (κ1) is 23.7. The quantitative estimate of drug-likeness (QED) is 0.167. The zero-order valence-corrected chi connectivity index (χ0v) is 19.0. The molecular weight excluding hydrogens is 418 g/mol. The lowest BCUT2D eigenvalue weighted by Gasteiger charge is -2.07. The fourth-order valence-corrected chi connectivity index (χ4v) is 3.21. The molecular formula is C26H27N3O4. The first-order valence-electron chi connectivity index (χ1n) is 10.7. The first-order valence-corrected chi connectivity index (χ1v) is 10.7. The van der Waals surface area contributed by atoms with Crippen LogP contribution in [0.2, 0.25) is 0 Å². The van der Waals surface area contributed by atoms with Crippen molar-refractivity contribution in [3.8, 4) is 16.9 Å². The molecule has 0 unspecified atom stereocenters. The van der Waals surface area contributed by atoms with Gasteiger partial charge in [0.15, 0.2) is 5.69 Å². The number of nitrogens with zero attached hydrogens (tertiary/aromatic N) is 3. The Morgan fingerprint density at radius 2 is 1.76 bits per heavy atom. The van der Waals surface area contributed by atoms with Crippen molar-refractivity contribution in [2.45, 2.75) is 33.6 Å². The number of rotatable bonds is 9. The van der Waals surface area contributed by atoms with Gasteiger partial charge in [-0.2, -0.15) is 5.10 Å². The van der Waals surface area contributed by atoms with E-state index in [0.29, 0.717) is 11.4 Å². The summed E-state index contributed by atoms with van der Waals surface area (Å²) in [5.41, 5.74) is 4.63. The summed E-state index contributed by atoms with van der Waals surface area (Å²) in [5, 5.41) is 15.6. The third-order valence-electron chi connectivity index (χ3n) is 5.03. The molecule has 0 bridgehead atoms. The third kappa shape index (κ3) is 6.49. The predicted octanol–water partition coefficient (Wildman–Crippen LogP) is 6.30. The molecule has 170 valence electrons. The first-order chi connectivity index (χ1) is 15.8. The van der Waals surface area contributed by atoms with Gasteiger partial charge in [-0.1, -0.05) is 47.6 Å². The van der Waals surface area contributed by atoms with Crippen LogP contribution >= 0.6 is 0 Å². The summed E-state index contributed by atoms with van der Waals surface area (Å²) in [7, 11) is 0. The van der Waals surface area contributed by atoms with Gasteiger partial charge in [0.2, 0.25) is 0 Å². The average Bonchev–Trinajstić information content (AvgIpc) is 3.25. The highest BCUT2D eigenvalue weighted by molar-refractivity contribution is 5.90. The second-order valence-electron chi connectivity index (χ2n) is 7.94. The molecule has 3 aromatic rings. The van der Waals surface area contributed by atoms with Crippen molar-refractivity contribution in [1.29, 1.82) is 0 Å². The molecule has 0 spiro atoms. The van der Waals surface area contributed by atoms with Crippen LogP contribution in [0.1, 0.15) is 44.1 Å². The van der Waals surface area contributed by atoms with Crippen LogP contribution in [0.3, 0.4) is 0 Å². The van der Waals surface area contributed by atoms with E-state index < -0.39 is 10.9 Å². The molecule has 0 saturated carbocycles. The highest BCUT2D eigenvalue weighted by Gasteiger charge is 2.19. The van der Waals surface area contributed by atoms with Crippen LogP contribution in [0.5, 0.6) is 0 Å². The summed E-state index contributed by atoms with van der Waals surface area (Å²) in [5.74, 6) is -0.517. The monoisotopic (exact) mass is 445 g/mol. The topological polar surface area (TPSA) is 87.3 Å². The Morgan fingerprint density at radius 3 is 2.39 bits per heavy atom. The van der Waals surface area contributed by atoms with Crippen molar-refractivity contribution in [3.63, 3.8) is 0 Å². The molecule has 0 aliphatic carbocycles. The average molecular weight is 446 g/mol. The van der Waals surface area contributed by atoms with Gasteiger partial charge in [-0.15, -0.1) is 0 Å². The highest BCUT2D eigenvalue weighted by atomic mass is 16.6. The van der Waals surface area contributed by atoms with Crippen LogP contribution in [-0.2, 0) is 4.74 Å². The summed E-state index contributed by atoms with van der Waals surface area (Å²) in [6, 6.07) is 17.0. The van der Waals surface area contributed by atoms with Crippen LogP contribution in [0.15, 0.2) is 84.0 Å². The maximum Gasteiger partial charge on any atom is 0.357 e. The number of benzene rings is 2. The van der Waals surface area contributed by atoms with Crippen LogP contribution in [0.25, 0.3) is 16.9 Å². The van der Waals surface area contributed by atoms with Gasteiger partial charge in [0.1, 0.15) is 6.61 Å². The number of hydrogen-bond donors (Lipinski definition) is 0. The van der Waals surface area contributed by atoms with Crippen LogP contribution in [0.4, 0.5) is 5.69 Å². The van der Waals surface area contributed by atoms with Crippen molar-refractivity contribution in [3.05, 3.63) is 99.8 Å². The Kier molecular flexibility index (Phi) is 7.91. The lowest BCUT2D eigenvalue weighted by atomic mass is 10.1. The summed E-state index contributed by atoms with van der Waals surface area (Å²) in [6.07, 6.45) is 5.94. The molecule has 0 amide bonds. The van der Waals surface area contributed by atoms with Gasteiger partial charge in [-0.05, 0) is 57.9 Å². The summed E-state index contributed by atoms with van der Waals surface area (Å²) >= 11 is 0. The molecule has 0 fully saturated rings. The Morgan fingerprint density at radius 1 is 1.06 bits per heavy atom. The molecule has 7 nitrogen and oxygen atoms in total. The number of hydrogen-bond acceptors (Lipinski definition) is 5. The molecule has 1 heterocycles. The van der Waals surface area contributed by atoms with Crippen molar-refractivity contribution in [2.24, 2.45) is 0 Å². The summed E-state index contributed by atoms with van der Waals surface area (Å²) in [4.78, 5) is 23.4. The molecule has 0 atom stereocenters. The lowest BCUT2D eigenvalue weighted by molar-refractivity contribution is -0.384. The smallest absolute Gasteiger partial charge is 0.357 e. The molecule has 7 heteroatoms.